The Morgan fingerprint density at radius 2 is 2.04 bits per heavy atom. The van der Waals surface area contributed by atoms with E-state index in [-0.39, 0.29) is 12.3 Å². The maximum atomic E-state index is 11.7. The molecule has 7 nitrogen and oxygen atoms in total. The third kappa shape index (κ3) is 5.55. The lowest BCUT2D eigenvalue weighted by Crippen LogP contribution is -2.24. The van der Waals surface area contributed by atoms with Crippen molar-refractivity contribution in [3.63, 3.8) is 0 Å². The summed E-state index contributed by atoms with van der Waals surface area (Å²) in [6.07, 6.45) is 4.39. The van der Waals surface area contributed by atoms with E-state index < -0.39 is 10.8 Å². The first kappa shape index (κ1) is 18.9. The molecular formula is C19H19N3O4. The van der Waals surface area contributed by atoms with E-state index in [1.807, 2.05) is 32.0 Å². The molecule has 2 aromatic rings. The van der Waals surface area contributed by atoms with Gasteiger partial charge in [-0.2, -0.15) is 5.10 Å². The number of nitro groups is 1. The Bertz CT molecular complexity index is 860. The summed E-state index contributed by atoms with van der Waals surface area (Å²) in [7, 11) is 0. The van der Waals surface area contributed by atoms with Gasteiger partial charge in [-0.15, -0.1) is 0 Å². The number of nitrogens with zero attached hydrogens (tertiary/aromatic N) is 2. The molecule has 1 N–H and O–H groups in total. The number of carbonyl (C=O) groups excluding carboxylic acids is 1. The summed E-state index contributed by atoms with van der Waals surface area (Å²) in [6, 6.07) is 12.1. The molecule has 1 amide bonds. The van der Waals surface area contributed by atoms with Crippen LogP contribution >= 0.6 is 0 Å². The second-order valence-electron chi connectivity index (χ2n) is 5.55. The van der Waals surface area contributed by atoms with Crippen molar-refractivity contribution in [1.29, 1.82) is 0 Å². The van der Waals surface area contributed by atoms with Crippen LogP contribution < -0.4 is 10.2 Å². The zero-order valence-corrected chi connectivity index (χ0v) is 14.5. The van der Waals surface area contributed by atoms with Crippen LogP contribution in [0.5, 0.6) is 5.75 Å². The highest BCUT2D eigenvalue weighted by Crippen LogP contribution is 2.19. The summed E-state index contributed by atoms with van der Waals surface area (Å²) in [5.74, 6) is 0.252. The van der Waals surface area contributed by atoms with Gasteiger partial charge in [-0.05, 0) is 49.3 Å². The SMILES string of the molecule is Cc1ccc(C)c(OCC(=O)N/N=C\C=C\c2ccccc2[N+](=O)[O-])c1. The summed E-state index contributed by atoms with van der Waals surface area (Å²) >= 11 is 0. The van der Waals surface area contributed by atoms with Gasteiger partial charge in [0.05, 0.1) is 10.5 Å². The van der Waals surface area contributed by atoms with Crippen molar-refractivity contribution in [1.82, 2.24) is 5.43 Å². The lowest BCUT2D eigenvalue weighted by Gasteiger charge is -2.08. The van der Waals surface area contributed by atoms with Crippen LogP contribution in [-0.4, -0.2) is 23.7 Å². The molecule has 26 heavy (non-hydrogen) atoms. The zero-order valence-electron chi connectivity index (χ0n) is 14.5. The maximum Gasteiger partial charge on any atom is 0.277 e. The highest BCUT2D eigenvalue weighted by molar-refractivity contribution is 5.82. The average Bonchev–Trinajstić information content (AvgIpc) is 2.62. The van der Waals surface area contributed by atoms with Gasteiger partial charge in [0.15, 0.2) is 6.61 Å². The molecule has 0 fully saturated rings. The lowest BCUT2D eigenvalue weighted by molar-refractivity contribution is -0.385. The van der Waals surface area contributed by atoms with E-state index in [9.17, 15) is 14.9 Å². The molecule has 0 aromatic heterocycles. The number of nitrogens with one attached hydrogen (secondary N) is 1. The lowest BCUT2D eigenvalue weighted by atomic mass is 10.1. The quantitative estimate of drug-likeness (QED) is 0.469. The minimum atomic E-state index is -0.455. The van der Waals surface area contributed by atoms with E-state index in [1.54, 1.807) is 24.3 Å². The number of hydrogen-bond acceptors (Lipinski definition) is 5. The number of carbonyl (C=O) groups is 1. The summed E-state index contributed by atoms with van der Waals surface area (Å²) in [5.41, 5.74) is 4.78. The minimum absolute atomic E-state index is 0.00288. The molecule has 0 spiro atoms. The number of nitro benzene ring substituents is 1. The van der Waals surface area contributed by atoms with Crippen molar-refractivity contribution >= 4 is 23.9 Å². The molecule has 134 valence electrons. The predicted molar refractivity (Wildman–Crippen MR) is 100 cm³/mol. The van der Waals surface area contributed by atoms with E-state index in [2.05, 4.69) is 10.5 Å². The number of allylic oxidation sites excluding steroid dienone is 1. The molecule has 0 atom stereocenters. The van der Waals surface area contributed by atoms with Crippen LogP contribution in [0.4, 0.5) is 5.69 Å². The van der Waals surface area contributed by atoms with Crippen molar-refractivity contribution in [2.45, 2.75) is 13.8 Å². The number of benzene rings is 2. The van der Waals surface area contributed by atoms with Crippen molar-refractivity contribution in [3.8, 4) is 5.75 Å². The van der Waals surface area contributed by atoms with Gasteiger partial charge in [-0.25, -0.2) is 5.43 Å². The number of hydrogen-bond donors (Lipinski definition) is 1. The number of para-hydroxylation sites is 1. The minimum Gasteiger partial charge on any atom is -0.483 e. The van der Waals surface area contributed by atoms with E-state index in [0.717, 1.165) is 11.1 Å². The van der Waals surface area contributed by atoms with E-state index in [4.69, 9.17) is 4.74 Å². The van der Waals surface area contributed by atoms with Crippen LogP contribution in [0, 0.1) is 24.0 Å². The van der Waals surface area contributed by atoms with Gasteiger partial charge in [0.1, 0.15) is 5.75 Å². The molecule has 0 heterocycles. The molecule has 0 saturated carbocycles. The molecular weight excluding hydrogens is 334 g/mol. The molecule has 2 rings (SSSR count). The first-order valence-corrected chi connectivity index (χ1v) is 7.89. The third-order valence-corrected chi connectivity index (χ3v) is 3.46. The van der Waals surface area contributed by atoms with Crippen molar-refractivity contribution < 1.29 is 14.5 Å². The van der Waals surface area contributed by atoms with Gasteiger partial charge in [-0.3, -0.25) is 14.9 Å². The molecule has 0 aliphatic heterocycles. The molecule has 0 unspecified atom stereocenters. The number of ether oxygens (including phenoxy) is 1. The Hall–Kier alpha value is -3.48. The van der Waals surface area contributed by atoms with Crippen LogP contribution in [0.25, 0.3) is 6.08 Å². The van der Waals surface area contributed by atoms with Gasteiger partial charge in [-0.1, -0.05) is 24.3 Å². The van der Waals surface area contributed by atoms with Crippen LogP contribution in [0.15, 0.2) is 53.6 Å². The van der Waals surface area contributed by atoms with E-state index >= 15 is 0 Å². The van der Waals surface area contributed by atoms with Crippen LogP contribution in [0.2, 0.25) is 0 Å². The first-order chi connectivity index (χ1) is 12.5. The van der Waals surface area contributed by atoms with Gasteiger partial charge in [0, 0.05) is 12.3 Å². The maximum absolute atomic E-state index is 11.7. The standard InChI is InChI=1S/C19H19N3O4/c1-14-9-10-15(2)18(12-14)26-13-19(23)21-20-11-5-7-16-6-3-4-8-17(16)22(24)25/h3-12H,13H2,1-2H3,(H,21,23)/b7-5+,20-11-. The second kappa shape index (κ2) is 9.12. The molecule has 0 aliphatic rings. The molecule has 0 radical (unpaired) electrons. The van der Waals surface area contributed by atoms with Gasteiger partial charge < -0.3 is 4.74 Å². The highest BCUT2D eigenvalue weighted by atomic mass is 16.6. The first-order valence-electron chi connectivity index (χ1n) is 7.89. The number of amides is 1. The zero-order chi connectivity index (χ0) is 18.9. The van der Waals surface area contributed by atoms with Crippen LogP contribution in [0.1, 0.15) is 16.7 Å². The average molecular weight is 353 g/mol. The Balaban J connectivity index is 1.84. The molecule has 7 heteroatoms. The second-order valence-corrected chi connectivity index (χ2v) is 5.55. The topological polar surface area (TPSA) is 93.8 Å². The normalized spacial score (nSPS) is 11.0. The molecule has 0 bridgehead atoms. The number of hydrazone groups is 1. The van der Waals surface area contributed by atoms with E-state index in [0.29, 0.717) is 11.3 Å². The van der Waals surface area contributed by atoms with Crippen LogP contribution in [-0.2, 0) is 4.79 Å². The Labute approximate surface area is 151 Å². The fourth-order valence-electron chi connectivity index (χ4n) is 2.13. The predicted octanol–water partition coefficient (Wildman–Crippen LogP) is 3.41. The van der Waals surface area contributed by atoms with E-state index in [1.165, 1.54) is 18.4 Å². The van der Waals surface area contributed by atoms with Gasteiger partial charge >= 0.3 is 0 Å². The smallest absolute Gasteiger partial charge is 0.277 e. The third-order valence-electron chi connectivity index (χ3n) is 3.46. The summed E-state index contributed by atoms with van der Waals surface area (Å²) in [4.78, 5) is 22.2. The number of rotatable bonds is 7. The Morgan fingerprint density at radius 1 is 1.27 bits per heavy atom. The highest BCUT2D eigenvalue weighted by Gasteiger charge is 2.08. The molecule has 2 aromatic carbocycles. The summed E-state index contributed by atoms with van der Waals surface area (Å²) in [5, 5.41) is 14.7. The van der Waals surface area contributed by atoms with Crippen molar-refractivity contribution in [2.24, 2.45) is 5.10 Å². The molecule has 0 saturated heterocycles. The summed E-state index contributed by atoms with van der Waals surface area (Å²) in [6.45, 7) is 3.69. The van der Waals surface area contributed by atoms with Crippen molar-refractivity contribution in [2.75, 3.05) is 6.61 Å². The number of aryl methyl sites for hydroxylation is 2. The Kier molecular flexibility index (Phi) is 6.61. The monoisotopic (exact) mass is 353 g/mol. The Morgan fingerprint density at radius 3 is 2.81 bits per heavy atom. The van der Waals surface area contributed by atoms with Crippen molar-refractivity contribution in [3.05, 3.63) is 75.3 Å². The molecule has 0 aliphatic carbocycles. The van der Waals surface area contributed by atoms with Gasteiger partial charge in [0.25, 0.3) is 11.6 Å². The summed E-state index contributed by atoms with van der Waals surface area (Å²) < 4.78 is 5.47. The largest absolute Gasteiger partial charge is 0.483 e. The fraction of sp³-hybridized carbons (Fsp3) is 0.158. The van der Waals surface area contributed by atoms with Gasteiger partial charge in [0.2, 0.25) is 0 Å². The van der Waals surface area contributed by atoms with Crippen LogP contribution in [0.3, 0.4) is 0 Å². The fourth-order valence-corrected chi connectivity index (χ4v) is 2.13.